The standard InChI is InChI=1S/C34H55Br2NO10/c1-12-26-33(8,42)14-18(2)27(39)19(3)15-34(9,43-17-24(36)16-35)30(21(5)28(40)22(6)31(41)46-26)47-32-29(45-23(7)38)25(37(10)11)13-20(4)44-32/h14,19-22,24-26,29-30,32,42H,12-13,15-17H2,1-11H3/b18-14+/t19-,20-,21+,22-,24?,25+,26-,29-,30-,32+,33+,34+/m1/s1. The summed E-state index contributed by atoms with van der Waals surface area (Å²) in [5.41, 5.74) is -2.64. The summed E-state index contributed by atoms with van der Waals surface area (Å²) in [6.45, 7) is 14.9. The molecule has 1 fully saturated rings. The van der Waals surface area contributed by atoms with E-state index in [0.29, 0.717) is 17.3 Å². The molecule has 1 unspecified atom stereocenters. The molecule has 0 aromatic heterocycles. The molecule has 13 heteroatoms. The predicted octanol–water partition coefficient (Wildman–Crippen LogP) is 4.77. The number of ketones is 2. The second-order valence-corrected chi connectivity index (χ2v) is 15.8. The lowest BCUT2D eigenvalue weighted by Crippen LogP contribution is -2.60. The molecule has 2 aliphatic heterocycles. The minimum Gasteiger partial charge on any atom is -0.458 e. The summed E-state index contributed by atoms with van der Waals surface area (Å²) in [6, 6.07) is -0.259. The zero-order valence-corrected chi connectivity index (χ0v) is 32.9. The van der Waals surface area contributed by atoms with Crippen molar-refractivity contribution in [3.05, 3.63) is 11.6 Å². The highest BCUT2D eigenvalue weighted by atomic mass is 79.9. The fraction of sp³-hybridized carbons (Fsp3) is 0.824. The van der Waals surface area contributed by atoms with Crippen LogP contribution in [0.1, 0.15) is 81.6 Å². The third-order valence-electron chi connectivity index (χ3n) is 9.22. The van der Waals surface area contributed by atoms with Gasteiger partial charge in [0, 0.05) is 28.9 Å². The number of allylic oxidation sites excluding steroid dienone is 1. The lowest BCUT2D eigenvalue weighted by Gasteiger charge is -2.48. The van der Waals surface area contributed by atoms with Crippen LogP contribution in [0.3, 0.4) is 0 Å². The van der Waals surface area contributed by atoms with Gasteiger partial charge in [-0.1, -0.05) is 52.6 Å². The quantitative estimate of drug-likeness (QED) is 0.196. The molecule has 0 aliphatic carbocycles. The molecule has 2 aliphatic rings. The van der Waals surface area contributed by atoms with Crippen LogP contribution < -0.4 is 0 Å². The van der Waals surface area contributed by atoms with Crippen molar-refractivity contribution >= 4 is 55.4 Å². The van der Waals surface area contributed by atoms with E-state index in [0.717, 1.165) is 0 Å². The van der Waals surface area contributed by atoms with Crippen molar-refractivity contribution in [2.45, 2.75) is 134 Å². The second kappa shape index (κ2) is 17.6. The van der Waals surface area contributed by atoms with Gasteiger partial charge < -0.3 is 33.7 Å². The van der Waals surface area contributed by atoms with E-state index in [1.165, 1.54) is 26.8 Å². The molecular formula is C34H55Br2NO10. The molecule has 0 aromatic carbocycles. The van der Waals surface area contributed by atoms with E-state index >= 15 is 0 Å². The van der Waals surface area contributed by atoms with Crippen LogP contribution >= 0.6 is 31.9 Å². The molecule has 12 atom stereocenters. The first-order valence-electron chi connectivity index (χ1n) is 16.4. The summed E-state index contributed by atoms with van der Waals surface area (Å²) in [4.78, 5) is 55.6. The Morgan fingerprint density at radius 1 is 1.17 bits per heavy atom. The first-order valence-corrected chi connectivity index (χ1v) is 18.4. The number of carbonyl (C=O) groups is 4. The van der Waals surface area contributed by atoms with Crippen LogP contribution in [0.15, 0.2) is 11.6 Å². The average molecular weight is 798 g/mol. The number of alkyl halides is 2. The first kappa shape index (κ1) is 41.9. The van der Waals surface area contributed by atoms with Gasteiger partial charge in [-0.15, -0.1) is 0 Å². The molecule has 2 rings (SSSR count). The van der Waals surface area contributed by atoms with E-state index in [2.05, 4.69) is 31.9 Å². The van der Waals surface area contributed by atoms with Crippen LogP contribution in [0.4, 0.5) is 0 Å². The molecule has 11 nitrogen and oxygen atoms in total. The predicted molar refractivity (Wildman–Crippen MR) is 184 cm³/mol. The van der Waals surface area contributed by atoms with Gasteiger partial charge in [0.1, 0.15) is 17.6 Å². The summed E-state index contributed by atoms with van der Waals surface area (Å²) >= 11 is 7.05. The number of halogens is 2. The van der Waals surface area contributed by atoms with Crippen LogP contribution in [-0.2, 0) is 42.9 Å². The minimum absolute atomic E-state index is 0.112. The van der Waals surface area contributed by atoms with Gasteiger partial charge in [-0.05, 0) is 79.6 Å². The van der Waals surface area contributed by atoms with Crippen molar-refractivity contribution in [1.29, 1.82) is 0 Å². The summed E-state index contributed by atoms with van der Waals surface area (Å²) in [7, 11) is 3.76. The van der Waals surface area contributed by atoms with Crippen LogP contribution in [-0.4, -0.2) is 112 Å². The zero-order valence-electron chi connectivity index (χ0n) is 29.7. The lowest BCUT2D eigenvalue weighted by molar-refractivity contribution is -0.299. The number of nitrogens with zero attached hydrogens (tertiary/aromatic N) is 1. The Morgan fingerprint density at radius 3 is 2.32 bits per heavy atom. The van der Waals surface area contributed by atoms with Crippen molar-refractivity contribution in [3.63, 3.8) is 0 Å². The maximum absolute atomic E-state index is 14.2. The number of hydrogen-bond acceptors (Lipinski definition) is 11. The largest absolute Gasteiger partial charge is 0.458 e. The molecule has 2 heterocycles. The number of esters is 2. The SMILES string of the molecule is CC[C@H]1OC(=O)[C@H](C)C(=O)[C@H](C)[C@@H](O[C@@H]2O[C@H](C)C[C@H](N(C)C)[C@H]2OC(C)=O)[C@@](C)(OCC(Br)CBr)C[C@@H](C)C(=O)/C(C)=C/[C@]1(C)O. The van der Waals surface area contributed by atoms with E-state index in [1.807, 2.05) is 25.9 Å². The van der Waals surface area contributed by atoms with E-state index in [9.17, 15) is 24.3 Å². The Kier molecular flexibility index (Phi) is 15.7. The fourth-order valence-electron chi connectivity index (χ4n) is 6.68. The smallest absolute Gasteiger partial charge is 0.316 e. The molecule has 47 heavy (non-hydrogen) atoms. The molecule has 1 saturated heterocycles. The van der Waals surface area contributed by atoms with Crippen LogP contribution in [0, 0.1) is 17.8 Å². The van der Waals surface area contributed by atoms with Crippen LogP contribution in [0.25, 0.3) is 0 Å². The Balaban J connectivity index is 2.79. The monoisotopic (exact) mass is 795 g/mol. The van der Waals surface area contributed by atoms with Gasteiger partial charge in [-0.2, -0.15) is 0 Å². The summed E-state index contributed by atoms with van der Waals surface area (Å²) in [5, 5.41) is 11.9. The Hall–Kier alpha value is -1.22. The molecule has 0 bridgehead atoms. The minimum atomic E-state index is -1.66. The van der Waals surface area contributed by atoms with Gasteiger partial charge in [-0.25, -0.2) is 0 Å². The Bertz CT molecular complexity index is 1150. The molecule has 0 spiro atoms. The summed E-state index contributed by atoms with van der Waals surface area (Å²) in [5.74, 6) is -4.85. The van der Waals surface area contributed by atoms with E-state index in [-0.39, 0.29) is 42.2 Å². The summed E-state index contributed by atoms with van der Waals surface area (Å²) in [6.07, 6.45) is -1.92. The van der Waals surface area contributed by atoms with Crippen molar-refractivity contribution in [3.8, 4) is 0 Å². The highest BCUT2D eigenvalue weighted by Gasteiger charge is 2.51. The van der Waals surface area contributed by atoms with Crippen molar-refractivity contribution < 1.29 is 48.0 Å². The van der Waals surface area contributed by atoms with E-state index in [4.69, 9.17) is 23.7 Å². The molecule has 0 radical (unpaired) electrons. The zero-order chi connectivity index (χ0) is 36.0. The maximum atomic E-state index is 14.2. The number of hydrogen-bond donors (Lipinski definition) is 1. The van der Waals surface area contributed by atoms with E-state index in [1.54, 1.807) is 34.6 Å². The molecule has 270 valence electrons. The van der Waals surface area contributed by atoms with Gasteiger partial charge in [0.25, 0.3) is 0 Å². The van der Waals surface area contributed by atoms with Gasteiger partial charge in [0.15, 0.2) is 24.0 Å². The van der Waals surface area contributed by atoms with Crippen molar-refractivity contribution in [1.82, 2.24) is 4.90 Å². The van der Waals surface area contributed by atoms with Gasteiger partial charge in [0.2, 0.25) is 0 Å². The lowest BCUT2D eigenvalue weighted by atomic mass is 9.76. The average Bonchev–Trinajstić information content (AvgIpc) is 2.99. The summed E-state index contributed by atoms with van der Waals surface area (Å²) < 4.78 is 31.1. The number of cyclic esters (lactones) is 1. The highest BCUT2D eigenvalue weighted by Crippen LogP contribution is 2.38. The number of likely N-dealkylation sites (N-methyl/N-ethyl adjacent to an activating group) is 1. The molecule has 0 aromatic rings. The van der Waals surface area contributed by atoms with Gasteiger partial charge >= 0.3 is 11.9 Å². The topological polar surface area (TPSA) is 138 Å². The number of rotatable bonds is 9. The number of aliphatic hydroxyl groups is 1. The highest BCUT2D eigenvalue weighted by molar-refractivity contribution is 9.12. The fourth-order valence-corrected chi connectivity index (χ4v) is 7.00. The third-order valence-corrected chi connectivity index (χ3v) is 11.5. The first-order chi connectivity index (χ1) is 21.7. The number of ether oxygens (including phenoxy) is 5. The van der Waals surface area contributed by atoms with Crippen molar-refractivity contribution in [2.24, 2.45) is 17.8 Å². The van der Waals surface area contributed by atoms with Crippen LogP contribution in [0.5, 0.6) is 0 Å². The van der Waals surface area contributed by atoms with Crippen LogP contribution in [0.2, 0.25) is 0 Å². The van der Waals surface area contributed by atoms with Crippen molar-refractivity contribution in [2.75, 3.05) is 26.0 Å². The third kappa shape index (κ3) is 10.9. The van der Waals surface area contributed by atoms with Gasteiger partial charge in [0.05, 0.1) is 30.5 Å². The van der Waals surface area contributed by atoms with E-state index < -0.39 is 71.3 Å². The maximum Gasteiger partial charge on any atom is 0.316 e. The number of Topliss-reactive ketones (excluding diaryl/α,β-unsaturated/α-hetero) is 2. The molecule has 0 saturated carbocycles. The number of carbonyl (C=O) groups excluding carboxylic acids is 4. The molecular weight excluding hydrogens is 742 g/mol. The Labute approximate surface area is 297 Å². The second-order valence-electron chi connectivity index (χ2n) is 13.9. The molecule has 0 amide bonds. The normalized spacial score (nSPS) is 39.9. The van der Waals surface area contributed by atoms with Gasteiger partial charge in [-0.3, -0.25) is 19.2 Å². The Morgan fingerprint density at radius 2 is 1.79 bits per heavy atom. The molecule has 1 N–H and O–H groups in total.